The summed E-state index contributed by atoms with van der Waals surface area (Å²) in [6.07, 6.45) is 1.84. The normalized spacial score (nSPS) is 35.1. The highest BCUT2D eigenvalue weighted by molar-refractivity contribution is 7.80. The third-order valence-electron chi connectivity index (χ3n) is 6.21. The van der Waals surface area contributed by atoms with Gasteiger partial charge in [0.2, 0.25) is 5.84 Å². The van der Waals surface area contributed by atoms with Crippen molar-refractivity contribution in [3.05, 3.63) is 0 Å². The molecule has 4 aliphatic rings. The maximum Gasteiger partial charge on any atom is 0.397 e. The Bertz CT molecular complexity index is 770. The molecule has 0 aliphatic carbocycles. The lowest BCUT2D eigenvalue weighted by Crippen LogP contribution is -2.52. The second-order valence-electron chi connectivity index (χ2n) is 8.85. The number of amidine groups is 1. The van der Waals surface area contributed by atoms with Crippen molar-refractivity contribution >= 4 is 16.2 Å². The summed E-state index contributed by atoms with van der Waals surface area (Å²) in [6, 6.07) is 0. The van der Waals surface area contributed by atoms with Crippen LogP contribution in [0.3, 0.4) is 0 Å². The van der Waals surface area contributed by atoms with Crippen molar-refractivity contribution in [2.45, 2.75) is 82.4 Å². The SMILES string of the molecule is CO[C@H]1O[C@H](C(CN2CCC[N+]3=C2CCCCC3)OS(=O)(=O)O)C2OC(C)(C)OC21. The van der Waals surface area contributed by atoms with Gasteiger partial charge in [-0.1, -0.05) is 0 Å². The molecule has 172 valence electrons. The Morgan fingerprint density at radius 1 is 1.20 bits per heavy atom. The first-order chi connectivity index (χ1) is 14.2. The first-order valence-corrected chi connectivity index (χ1v) is 12.1. The van der Waals surface area contributed by atoms with E-state index in [-0.39, 0.29) is 6.54 Å². The molecular formula is C19H33N2O8S+. The van der Waals surface area contributed by atoms with E-state index in [0.29, 0.717) is 0 Å². The number of hydrogen-bond donors (Lipinski definition) is 1. The van der Waals surface area contributed by atoms with E-state index in [4.69, 9.17) is 23.1 Å². The second kappa shape index (κ2) is 8.61. The van der Waals surface area contributed by atoms with Crippen molar-refractivity contribution in [1.82, 2.24) is 4.90 Å². The predicted octanol–water partition coefficient (Wildman–Crippen LogP) is 0.757. The highest BCUT2D eigenvalue weighted by Gasteiger charge is 2.59. The van der Waals surface area contributed by atoms with E-state index in [1.165, 1.54) is 19.4 Å². The molecule has 0 aromatic carbocycles. The van der Waals surface area contributed by atoms with Crippen LogP contribution in [0, 0.1) is 0 Å². The first kappa shape index (κ1) is 22.4. The minimum Gasteiger partial charge on any atom is -0.353 e. The van der Waals surface area contributed by atoms with Crippen molar-refractivity contribution in [1.29, 1.82) is 0 Å². The molecule has 10 nitrogen and oxygen atoms in total. The lowest BCUT2D eigenvalue weighted by Gasteiger charge is -2.32. The molecule has 1 N–H and O–H groups in total. The van der Waals surface area contributed by atoms with E-state index < -0.39 is 46.9 Å². The van der Waals surface area contributed by atoms with Crippen LogP contribution in [0.25, 0.3) is 0 Å². The second-order valence-corrected chi connectivity index (χ2v) is 9.89. The number of fused-ring (bicyclic) bond motifs is 1. The van der Waals surface area contributed by atoms with Gasteiger partial charge in [0.25, 0.3) is 0 Å². The molecule has 4 aliphatic heterocycles. The average Bonchev–Trinajstić information content (AvgIpc) is 3.01. The van der Waals surface area contributed by atoms with Crippen LogP contribution >= 0.6 is 0 Å². The van der Waals surface area contributed by atoms with Gasteiger partial charge in [-0.3, -0.25) is 14.0 Å². The van der Waals surface area contributed by atoms with Gasteiger partial charge < -0.3 is 18.9 Å². The number of methoxy groups -OCH3 is 1. The van der Waals surface area contributed by atoms with Gasteiger partial charge in [0, 0.05) is 20.0 Å². The zero-order valence-electron chi connectivity index (χ0n) is 17.9. The number of rotatable bonds is 6. The molecule has 4 rings (SSSR count). The van der Waals surface area contributed by atoms with E-state index in [9.17, 15) is 13.0 Å². The van der Waals surface area contributed by atoms with Crippen LogP contribution in [0.4, 0.5) is 0 Å². The minimum absolute atomic E-state index is 0.264. The van der Waals surface area contributed by atoms with Crippen LogP contribution in [-0.4, -0.2) is 98.1 Å². The van der Waals surface area contributed by atoms with Gasteiger partial charge in [-0.15, -0.1) is 0 Å². The molecule has 0 aromatic heterocycles. The maximum atomic E-state index is 11.7. The summed E-state index contributed by atoms with van der Waals surface area (Å²) in [6.45, 7) is 6.66. The fourth-order valence-corrected chi connectivity index (χ4v) is 5.55. The van der Waals surface area contributed by atoms with E-state index in [1.54, 1.807) is 13.8 Å². The Balaban J connectivity index is 1.59. The average molecular weight is 450 g/mol. The molecule has 0 saturated carbocycles. The number of hydrogen-bond acceptors (Lipinski definition) is 8. The van der Waals surface area contributed by atoms with Crippen LogP contribution in [0.5, 0.6) is 0 Å². The molecule has 0 bridgehead atoms. The van der Waals surface area contributed by atoms with Crippen LogP contribution in [0.1, 0.15) is 46.0 Å². The van der Waals surface area contributed by atoms with E-state index in [0.717, 1.165) is 45.3 Å². The fraction of sp³-hybridized carbons (Fsp3) is 0.947. The molecular weight excluding hydrogens is 416 g/mol. The summed E-state index contributed by atoms with van der Waals surface area (Å²) < 4.78 is 63.7. The molecule has 0 spiro atoms. The summed E-state index contributed by atoms with van der Waals surface area (Å²) >= 11 is 0. The highest BCUT2D eigenvalue weighted by Crippen LogP contribution is 2.40. The number of ether oxygens (including phenoxy) is 4. The molecule has 5 atom stereocenters. The molecule has 2 fully saturated rings. The summed E-state index contributed by atoms with van der Waals surface area (Å²) in [5.41, 5.74) is 0. The molecule has 2 saturated heterocycles. The minimum atomic E-state index is -4.70. The van der Waals surface area contributed by atoms with Gasteiger partial charge in [0.05, 0.1) is 19.6 Å². The third kappa shape index (κ3) is 4.82. The van der Waals surface area contributed by atoms with Crippen molar-refractivity contribution in [3.63, 3.8) is 0 Å². The summed E-state index contributed by atoms with van der Waals surface area (Å²) in [4.78, 5) is 2.17. The van der Waals surface area contributed by atoms with E-state index >= 15 is 0 Å². The van der Waals surface area contributed by atoms with Crippen molar-refractivity contribution in [2.24, 2.45) is 0 Å². The molecule has 3 unspecified atom stereocenters. The standard InChI is InChI=1S/C19H32N2O8S/c1-19(2)27-16-15(26-18(25-3)17(16)28-19)13(29-30(22,23)24)12-21-11-7-10-20-9-6-4-5-8-14(20)21/h13,15-18H,4-12H2,1-3H3/p+1/t13?,15-,16?,17?,18+/m1/s1. The Morgan fingerprint density at radius 2 is 1.93 bits per heavy atom. The Labute approximate surface area is 178 Å². The Morgan fingerprint density at radius 3 is 2.67 bits per heavy atom. The fourth-order valence-electron chi connectivity index (χ4n) is 5.07. The molecule has 4 heterocycles. The first-order valence-electron chi connectivity index (χ1n) is 10.7. The van der Waals surface area contributed by atoms with Gasteiger partial charge >= 0.3 is 10.4 Å². The van der Waals surface area contributed by atoms with Crippen molar-refractivity contribution in [2.75, 3.05) is 33.3 Å². The lowest BCUT2D eigenvalue weighted by atomic mass is 10.0. The van der Waals surface area contributed by atoms with Crippen molar-refractivity contribution in [3.8, 4) is 0 Å². The molecule has 0 aromatic rings. The topological polar surface area (TPSA) is 107 Å². The Hall–Kier alpha value is -0.820. The summed E-state index contributed by atoms with van der Waals surface area (Å²) in [5, 5.41) is 0. The predicted molar refractivity (Wildman–Crippen MR) is 106 cm³/mol. The molecule has 11 heteroatoms. The third-order valence-corrected chi connectivity index (χ3v) is 6.70. The molecule has 30 heavy (non-hydrogen) atoms. The zero-order valence-corrected chi connectivity index (χ0v) is 18.7. The van der Waals surface area contributed by atoms with Gasteiger partial charge in [-0.2, -0.15) is 8.42 Å². The largest absolute Gasteiger partial charge is 0.397 e. The summed E-state index contributed by atoms with van der Waals surface area (Å²) in [5.74, 6) is 0.360. The maximum absolute atomic E-state index is 11.7. The Kier molecular flexibility index (Phi) is 6.42. The van der Waals surface area contributed by atoms with E-state index in [2.05, 4.69) is 9.48 Å². The van der Waals surface area contributed by atoms with E-state index in [1.807, 2.05) is 0 Å². The van der Waals surface area contributed by atoms with Crippen LogP contribution < -0.4 is 0 Å². The van der Waals surface area contributed by atoms with Gasteiger partial charge in [-0.05, 0) is 33.1 Å². The smallest absolute Gasteiger partial charge is 0.353 e. The number of nitrogens with zero attached hydrogens (tertiary/aromatic N) is 2. The summed E-state index contributed by atoms with van der Waals surface area (Å²) in [7, 11) is -3.20. The van der Waals surface area contributed by atoms with Gasteiger partial charge in [-0.25, -0.2) is 4.18 Å². The highest BCUT2D eigenvalue weighted by atomic mass is 32.3. The van der Waals surface area contributed by atoms with Crippen LogP contribution in [-0.2, 0) is 33.5 Å². The zero-order chi connectivity index (χ0) is 21.5. The van der Waals surface area contributed by atoms with Crippen LogP contribution in [0.2, 0.25) is 0 Å². The molecule has 0 amide bonds. The molecule has 0 radical (unpaired) electrons. The quantitative estimate of drug-likeness (QED) is 0.464. The van der Waals surface area contributed by atoms with Gasteiger partial charge in [0.1, 0.15) is 31.0 Å². The lowest BCUT2D eigenvalue weighted by molar-refractivity contribution is -0.539. The van der Waals surface area contributed by atoms with Crippen LogP contribution in [0.15, 0.2) is 0 Å². The monoisotopic (exact) mass is 449 g/mol. The van der Waals surface area contributed by atoms with Gasteiger partial charge in [0.15, 0.2) is 12.1 Å². The van der Waals surface area contributed by atoms with Crippen molar-refractivity contribution < 1.29 is 40.7 Å².